The monoisotopic (exact) mass is 555 g/mol. The fourth-order valence-corrected chi connectivity index (χ4v) is 4.59. The van der Waals surface area contributed by atoms with E-state index in [4.69, 9.17) is 4.74 Å². The summed E-state index contributed by atoms with van der Waals surface area (Å²) >= 11 is 0. The number of nitrogens with zero attached hydrogens (tertiary/aromatic N) is 5. The number of aliphatic hydroxyl groups is 1. The van der Waals surface area contributed by atoms with E-state index in [1.165, 1.54) is 29.4 Å². The molecular formula is C28H28F3N5O4. The summed E-state index contributed by atoms with van der Waals surface area (Å²) in [6, 6.07) is 7.75. The lowest BCUT2D eigenvalue weighted by molar-refractivity contribution is -0.108. The molecular weight excluding hydrogens is 527 g/mol. The molecule has 9 nitrogen and oxygen atoms in total. The summed E-state index contributed by atoms with van der Waals surface area (Å²) in [5, 5.41) is 10.9. The quantitative estimate of drug-likeness (QED) is 0.362. The van der Waals surface area contributed by atoms with Crippen molar-refractivity contribution in [2.75, 3.05) is 13.1 Å². The first kappa shape index (κ1) is 27.4. The second kappa shape index (κ2) is 10.1. The predicted molar refractivity (Wildman–Crippen MR) is 138 cm³/mol. The highest BCUT2D eigenvalue weighted by atomic mass is 19.3. The Kier molecular flexibility index (Phi) is 6.90. The van der Waals surface area contributed by atoms with Crippen LogP contribution in [0.4, 0.5) is 18.0 Å². The normalized spacial score (nSPS) is 14.9. The van der Waals surface area contributed by atoms with Crippen molar-refractivity contribution >= 4 is 11.7 Å². The van der Waals surface area contributed by atoms with Gasteiger partial charge >= 0.3 is 12.7 Å². The number of benzene rings is 1. The van der Waals surface area contributed by atoms with Gasteiger partial charge in [0.05, 0.1) is 18.8 Å². The SMILES string of the molecule is Cc1nc2cc(F)c(-c3cnc(C4(O)CN(C(=O)OC(C)(C)C)C4)nc3)cn2c1Cc1ccccc1OC(F)F. The Morgan fingerprint density at radius 3 is 2.50 bits per heavy atom. The number of aromatic nitrogens is 4. The van der Waals surface area contributed by atoms with Gasteiger partial charge in [-0.05, 0) is 33.8 Å². The van der Waals surface area contributed by atoms with Gasteiger partial charge in [0.1, 0.15) is 22.8 Å². The first-order valence-electron chi connectivity index (χ1n) is 12.6. The van der Waals surface area contributed by atoms with E-state index >= 15 is 4.39 Å². The van der Waals surface area contributed by atoms with Gasteiger partial charge in [-0.3, -0.25) is 0 Å². The number of imidazole rings is 1. The maximum Gasteiger partial charge on any atom is 0.410 e. The summed E-state index contributed by atoms with van der Waals surface area (Å²) in [6.45, 7) is 3.99. The number of hydrogen-bond acceptors (Lipinski definition) is 7. The zero-order valence-electron chi connectivity index (χ0n) is 22.4. The van der Waals surface area contributed by atoms with Crippen molar-refractivity contribution in [1.29, 1.82) is 0 Å². The molecule has 210 valence electrons. The van der Waals surface area contributed by atoms with Crippen LogP contribution in [0.5, 0.6) is 5.75 Å². The van der Waals surface area contributed by atoms with Gasteiger partial charge in [-0.25, -0.2) is 24.1 Å². The van der Waals surface area contributed by atoms with Gasteiger partial charge in [0.2, 0.25) is 0 Å². The molecule has 1 aromatic carbocycles. The summed E-state index contributed by atoms with van der Waals surface area (Å²) in [4.78, 5) is 26.5. The van der Waals surface area contributed by atoms with Crippen molar-refractivity contribution in [3.8, 4) is 16.9 Å². The Morgan fingerprint density at radius 2 is 1.85 bits per heavy atom. The molecule has 0 spiro atoms. The van der Waals surface area contributed by atoms with E-state index in [1.54, 1.807) is 56.5 Å². The third-order valence-corrected chi connectivity index (χ3v) is 6.49. The molecule has 0 bridgehead atoms. The van der Waals surface area contributed by atoms with Crippen LogP contribution in [-0.4, -0.2) is 60.8 Å². The Labute approximate surface area is 228 Å². The molecule has 0 radical (unpaired) electrons. The number of rotatable bonds is 6. The Hall–Kier alpha value is -4.19. The predicted octanol–water partition coefficient (Wildman–Crippen LogP) is 4.87. The molecule has 1 aliphatic rings. The third-order valence-electron chi connectivity index (χ3n) is 6.49. The Bertz CT molecular complexity index is 1560. The fourth-order valence-electron chi connectivity index (χ4n) is 4.59. The van der Waals surface area contributed by atoms with Crippen molar-refractivity contribution in [1.82, 2.24) is 24.3 Å². The molecule has 1 N–H and O–H groups in total. The topological polar surface area (TPSA) is 102 Å². The molecule has 1 saturated heterocycles. The summed E-state index contributed by atoms with van der Waals surface area (Å²) in [5.74, 6) is -0.398. The molecule has 4 aromatic rings. The van der Waals surface area contributed by atoms with Crippen LogP contribution in [0.15, 0.2) is 48.9 Å². The molecule has 5 rings (SSSR count). The zero-order valence-corrected chi connectivity index (χ0v) is 22.4. The summed E-state index contributed by atoms with van der Waals surface area (Å²) in [6.07, 6.45) is 4.03. The van der Waals surface area contributed by atoms with E-state index in [-0.39, 0.29) is 36.6 Å². The molecule has 1 aliphatic heterocycles. The van der Waals surface area contributed by atoms with E-state index in [9.17, 15) is 18.7 Å². The van der Waals surface area contributed by atoms with Crippen LogP contribution in [0.2, 0.25) is 0 Å². The molecule has 1 fully saturated rings. The molecule has 0 atom stereocenters. The lowest BCUT2D eigenvalue weighted by Crippen LogP contribution is -2.62. The highest BCUT2D eigenvalue weighted by Crippen LogP contribution is 2.32. The number of hydrogen-bond donors (Lipinski definition) is 1. The number of likely N-dealkylation sites (tertiary alicyclic amines) is 1. The average Bonchev–Trinajstić information content (AvgIpc) is 3.15. The van der Waals surface area contributed by atoms with Gasteiger partial charge in [0.15, 0.2) is 11.4 Å². The van der Waals surface area contributed by atoms with Gasteiger partial charge in [-0.1, -0.05) is 18.2 Å². The highest BCUT2D eigenvalue weighted by molar-refractivity contribution is 5.70. The number of halogens is 3. The third kappa shape index (κ3) is 5.44. The van der Waals surface area contributed by atoms with Crippen LogP contribution in [0.3, 0.4) is 0 Å². The lowest BCUT2D eigenvalue weighted by Gasteiger charge is -2.45. The van der Waals surface area contributed by atoms with Crippen LogP contribution >= 0.6 is 0 Å². The van der Waals surface area contributed by atoms with E-state index in [0.29, 0.717) is 28.2 Å². The molecule has 0 unspecified atom stereocenters. The first-order valence-corrected chi connectivity index (χ1v) is 12.6. The van der Waals surface area contributed by atoms with Crippen molar-refractivity contribution in [3.05, 3.63) is 77.5 Å². The molecule has 0 saturated carbocycles. The minimum Gasteiger partial charge on any atom is -0.444 e. The fraction of sp³-hybridized carbons (Fsp3) is 0.357. The molecule has 3 aromatic heterocycles. The van der Waals surface area contributed by atoms with Crippen LogP contribution in [0.1, 0.15) is 43.5 Å². The van der Waals surface area contributed by atoms with E-state index in [0.717, 1.165) is 0 Å². The number of fused-ring (bicyclic) bond motifs is 1. The van der Waals surface area contributed by atoms with Gasteiger partial charge in [-0.15, -0.1) is 0 Å². The maximum absolute atomic E-state index is 15.1. The largest absolute Gasteiger partial charge is 0.444 e. The van der Waals surface area contributed by atoms with Gasteiger partial charge in [-0.2, -0.15) is 8.78 Å². The number of amides is 1. The first-order chi connectivity index (χ1) is 18.8. The Balaban J connectivity index is 1.40. The average molecular weight is 556 g/mol. The molecule has 0 aliphatic carbocycles. The summed E-state index contributed by atoms with van der Waals surface area (Å²) in [5.41, 5.74) is 0.594. The van der Waals surface area contributed by atoms with Gasteiger partial charge in [0.25, 0.3) is 0 Å². The van der Waals surface area contributed by atoms with Crippen molar-refractivity contribution in [2.45, 2.75) is 51.9 Å². The number of carbonyl (C=O) groups excluding carboxylic acids is 1. The van der Waals surface area contributed by atoms with Crippen molar-refractivity contribution in [2.24, 2.45) is 0 Å². The molecule has 12 heteroatoms. The lowest BCUT2D eigenvalue weighted by atomic mass is 9.93. The van der Waals surface area contributed by atoms with Crippen LogP contribution in [-0.2, 0) is 16.8 Å². The van der Waals surface area contributed by atoms with E-state index < -0.39 is 29.7 Å². The maximum atomic E-state index is 15.1. The summed E-state index contributed by atoms with van der Waals surface area (Å²) < 4.78 is 52.6. The van der Waals surface area contributed by atoms with E-state index in [2.05, 4.69) is 19.7 Å². The van der Waals surface area contributed by atoms with Crippen molar-refractivity contribution < 1.29 is 32.5 Å². The zero-order chi connectivity index (χ0) is 28.8. The number of ether oxygens (including phenoxy) is 2. The van der Waals surface area contributed by atoms with Crippen molar-refractivity contribution in [3.63, 3.8) is 0 Å². The minimum atomic E-state index is -2.97. The van der Waals surface area contributed by atoms with E-state index in [1.807, 2.05) is 0 Å². The smallest absolute Gasteiger partial charge is 0.410 e. The number of pyridine rings is 1. The molecule has 40 heavy (non-hydrogen) atoms. The van der Waals surface area contributed by atoms with Crippen LogP contribution < -0.4 is 4.74 Å². The number of alkyl halides is 2. The molecule has 4 heterocycles. The number of aryl methyl sites for hydroxylation is 1. The van der Waals surface area contributed by atoms with Crippen LogP contribution in [0.25, 0.3) is 16.8 Å². The summed E-state index contributed by atoms with van der Waals surface area (Å²) in [7, 11) is 0. The second-order valence-corrected chi connectivity index (χ2v) is 10.7. The molecule has 1 amide bonds. The number of para-hydroxylation sites is 1. The number of carbonyl (C=O) groups is 1. The Morgan fingerprint density at radius 1 is 1.18 bits per heavy atom. The van der Waals surface area contributed by atoms with Crippen LogP contribution in [0, 0.1) is 12.7 Å². The standard InChI is InChI=1S/C28H28F3N5O4/c1-16-21(9-17-7-5-6-8-22(17)39-25(30)31)36-13-19(20(29)10-23(36)34-16)18-11-32-24(33-12-18)28(38)14-35(15-28)26(37)40-27(2,3)4/h5-8,10-13,25,38H,9,14-15H2,1-4H3. The second-order valence-electron chi connectivity index (χ2n) is 10.7. The van der Waals surface area contributed by atoms with Gasteiger partial charge < -0.3 is 23.9 Å². The minimum absolute atomic E-state index is 0.0317. The van der Waals surface area contributed by atoms with Gasteiger partial charge in [0, 0.05) is 53.5 Å². The highest BCUT2D eigenvalue weighted by Gasteiger charge is 2.48. The number of β-amino-alcohol motifs (C(OH)–C–C–N with tert-alkyl or cyclic N) is 1.